The Labute approximate surface area is 149 Å². The predicted octanol–water partition coefficient (Wildman–Crippen LogP) is 2.10. The molecule has 124 valence electrons. The van der Waals surface area contributed by atoms with Crippen LogP contribution in [0.15, 0.2) is 29.4 Å². The first-order valence-electron chi connectivity index (χ1n) is 7.34. The number of guanidine groups is 1. The highest BCUT2D eigenvalue weighted by Crippen LogP contribution is 1.96. The van der Waals surface area contributed by atoms with Gasteiger partial charge in [0.15, 0.2) is 5.96 Å². The Hall–Kier alpha value is -1.38. The zero-order valence-corrected chi connectivity index (χ0v) is 15.5. The third-order valence-electron chi connectivity index (χ3n) is 2.62. The van der Waals surface area contributed by atoms with Crippen molar-refractivity contribution in [3.05, 3.63) is 30.1 Å². The zero-order chi connectivity index (χ0) is 15.3. The molecule has 0 spiro atoms. The lowest BCUT2D eigenvalue weighted by molar-refractivity contribution is -0.143. The number of aliphatic imine (C=N–C) groups is 1. The highest BCUT2D eigenvalue weighted by Gasteiger charge is 2.02. The summed E-state index contributed by atoms with van der Waals surface area (Å²) in [7, 11) is 0. The van der Waals surface area contributed by atoms with Gasteiger partial charge >= 0.3 is 5.97 Å². The van der Waals surface area contributed by atoms with Crippen molar-refractivity contribution in [1.82, 2.24) is 15.6 Å². The van der Waals surface area contributed by atoms with E-state index in [2.05, 4.69) is 20.6 Å². The Bertz CT molecular complexity index is 440. The average Bonchev–Trinajstić information content (AvgIpc) is 2.50. The average molecular weight is 420 g/mol. The SMILES string of the molecule is CCNC(=NCc1ccccn1)NCCCC(=O)OCC.I. The van der Waals surface area contributed by atoms with Gasteiger partial charge in [-0.3, -0.25) is 9.78 Å². The van der Waals surface area contributed by atoms with E-state index in [4.69, 9.17) is 4.74 Å². The second-order valence-corrected chi connectivity index (χ2v) is 4.35. The minimum absolute atomic E-state index is 0. The summed E-state index contributed by atoms with van der Waals surface area (Å²) >= 11 is 0. The van der Waals surface area contributed by atoms with Crippen LogP contribution in [-0.4, -0.2) is 36.6 Å². The molecule has 0 radical (unpaired) electrons. The van der Waals surface area contributed by atoms with Gasteiger partial charge in [0, 0.05) is 25.7 Å². The molecule has 0 aliphatic rings. The van der Waals surface area contributed by atoms with E-state index in [9.17, 15) is 4.79 Å². The number of rotatable bonds is 8. The molecule has 0 bridgehead atoms. The first-order valence-corrected chi connectivity index (χ1v) is 7.34. The number of pyridine rings is 1. The number of nitrogens with one attached hydrogen (secondary N) is 2. The van der Waals surface area contributed by atoms with Crippen molar-refractivity contribution in [3.63, 3.8) is 0 Å². The van der Waals surface area contributed by atoms with E-state index in [0.29, 0.717) is 32.5 Å². The molecule has 1 heterocycles. The first-order chi connectivity index (χ1) is 10.3. The lowest BCUT2D eigenvalue weighted by Crippen LogP contribution is -2.37. The van der Waals surface area contributed by atoms with Gasteiger partial charge in [-0.2, -0.15) is 0 Å². The van der Waals surface area contributed by atoms with Gasteiger partial charge in [0.05, 0.1) is 18.8 Å². The molecule has 1 aromatic heterocycles. The molecule has 2 N–H and O–H groups in total. The second kappa shape index (κ2) is 13.3. The second-order valence-electron chi connectivity index (χ2n) is 4.35. The molecule has 0 saturated carbocycles. The number of carbonyl (C=O) groups is 1. The fourth-order valence-corrected chi connectivity index (χ4v) is 1.67. The van der Waals surface area contributed by atoms with Crippen LogP contribution in [0.3, 0.4) is 0 Å². The topological polar surface area (TPSA) is 75.6 Å². The standard InChI is InChI=1S/C15H24N4O2.HI/c1-3-16-15(18-11-7-9-14(20)21-4-2)19-12-13-8-5-6-10-17-13;/h5-6,8,10H,3-4,7,9,11-12H2,1-2H3,(H2,16,18,19);1H. The molecular weight excluding hydrogens is 395 g/mol. The molecule has 0 saturated heterocycles. The van der Waals surface area contributed by atoms with E-state index in [1.807, 2.05) is 32.0 Å². The Kier molecular flexibility index (Phi) is 12.5. The molecule has 0 amide bonds. The van der Waals surface area contributed by atoms with Crippen LogP contribution in [-0.2, 0) is 16.1 Å². The molecule has 0 fully saturated rings. The molecule has 7 heteroatoms. The quantitative estimate of drug-likeness (QED) is 0.222. The van der Waals surface area contributed by atoms with Crippen LogP contribution in [0, 0.1) is 0 Å². The summed E-state index contributed by atoms with van der Waals surface area (Å²) in [5.41, 5.74) is 0.918. The van der Waals surface area contributed by atoms with Gasteiger partial charge in [0.25, 0.3) is 0 Å². The third-order valence-corrected chi connectivity index (χ3v) is 2.62. The Balaban J connectivity index is 0.00000441. The van der Waals surface area contributed by atoms with Gasteiger partial charge in [0.2, 0.25) is 0 Å². The lowest BCUT2D eigenvalue weighted by Gasteiger charge is -2.10. The van der Waals surface area contributed by atoms with Crippen molar-refractivity contribution < 1.29 is 9.53 Å². The van der Waals surface area contributed by atoms with Gasteiger partial charge < -0.3 is 15.4 Å². The normalized spacial score (nSPS) is 10.5. The van der Waals surface area contributed by atoms with Gasteiger partial charge in [-0.25, -0.2) is 4.99 Å². The molecular formula is C15H25IN4O2. The summed E-state index contributed by atoms with van der Waals surface area (Å²) < 4.78 is 4.88. The van der Waals surface area contributed by atoms with E-state index in [1.165, 1.54) is 0 Å². The van der Waals surface area contributed by atoms with Crippen LogP contribution in [0.1, 0.15) is 32.4 Å². The molecule has 6 nitrogen and oxygen atoms in total. The lowest BCUT2D eigenvalue weighted by atomic mass is 10.3. The summed E-state index contributed by atoms with van der Waals surface area (Å²) in [5.74, 6) is 0.571. The van der Waals surface area contributed by atoms with E-state index < -0.39 is 0 Å². The molecule has 0 unspecified atom stereocenters. The summed E-state index contributed by atoms with van der Waals surface area (Å²) in [6.07, 6.45) is 2.89. The molecule has 1 aromatic rings. The van der Waals surface area contributed by atoms with Crippen molar-refractivity contribution >= 4 is 35.9 Å². The number of carbonyl (C=O) groups excluding carboxylic acids is 1. The third kappa shape index (κ3) is 9.54. The maximum Gasteiger partial charge on any atom is 0.305 e. The van der Waals surface area contributed by atoms with Crippen LogP contribution in [0.2, 0.25) is 0 Å². The van der Waals surface area contributed by atoms with E-state index in [0.717, 1.165) is 18.2 Å². The largest absolute Gasteiger partial charge is 0.466 e. The van der Waals surface area contributed by atoms with Crippen molar-refractivity contribution in [3.8, 4) is 0 Å². The van der Waals surface area contributed by atoms with Crippen LogP contribution >= 0.6 is 24.0 Å². The number of hydrogen-bond donors (Lipinski definition) is 2. The van der Waals surface area contributed by atoms with Gasteiger partial charge in [0.1, 0.15) is 0 Å². The van der Waals surface area contributed by atoms with Crippen molar-refractivity contribution in [2.24, 2.45) is 4.99 Å². The summed E-state index contributed by atoms with van der Waals surface area (Å²) in [4.78, 5) is 19.9. The van der Waals surface area contributed by atoms with Crippen molar-refractivity contribution in [1.29, 1.82) is 0 Å². The zero-order valence-electron chi connectivity index (χ0n) is 13.2. The number of nitrogens with zero attached hydrogens (tertiary/aromatic N) is 2. The summed E-state index contributed by atoms with van der Waals surface area (Å²) in [5, 5.41) is 6.35. The molecule has 0 aliphatic carbocycles. The summed E-state index contributed by atoms with van der Waals surface area (Å²) in [6.45, 7) is 6.23. The van der Waals surface area contributed by atoms with Crippen molar-refractivity contribution in [2.75, 3.05) is 19.7 Å². The van der Waals surface area contributed by atoms with Crippen LogP contribution in [0.25, 0.3) is 0 Å². The minimum atomic E-state index is -0.158. The monoisotopic (exact) mass is 420 g/mol. The minimum Gasteiger partial charge on any atom is -0.466 e. The Morgan fingerprint density at radius 1 is 1.32 bits per heavy atom. The number of hydrogen-bond acceptors (Lipinski definition) is 4. The van der Waals surface area contributed by atoms with Gasteiger partial charge in [-0.15, -0.1) is 24.0 Å². The number of aromatic nitrogens is 1. The summed E-state index contributed by atoms with van der Waals surface area (Å²) in [6, 6.07) is 5.76. The van der Waals surface area contributed by atoms with Crippen LogP contribution in [0.4, 0.5) is 0 Å². The molecule has 22 heavy (non-hydrogen) atoms. The number of ether oxygens (including phenoxy) is 1. The molecule has 1 rings (SSSR count). The predicted molar refractivity (Wildman–Crippen MR) is 98.3 cm³/mol. The van der Waals surface area contributed by atoms with E-state index in [1.54, 1.807) is 6.20 Å². The fraction of sp³-hybridized carbons (Fsp3) is 0.533. The fourth-order valence-electron chi connectivity index (χ4n) is 1.67. The number of esters is 1. The van der Waals surface area contributed by atoms with Gasteiger partial charge in [-0.1, -0.05) is 6.07 Å². The highest BCUT2D eigenvalue weighted by atomic mass is 127. The molecule has 0 aliphatic heterocycles. The van der Waals surface area contributed by atoms with Crippen molar-refractivity contribution in [2.45, 2.75) is 33.2 Å². The van der Waals surface area contributed by atoms with E-state index in [-0.39, 0.29) is 29.9 Å². The number of halogens is 1. The Morgan fingerprint density at radius 3 is 2.77 bits per heavy atom. The maximum absolute atomic E-state index is 11.2. The van der Waals surface area contributed by atoms with E-state index >= 15 is 0 Å². The maximum atomic E-state index is 11.2. The molecule has 0 atom stereocenters. The smallest absolute Gasteiger partial charge is 0.305 e. The highest BCUT2D eigenvalue weighted by molar-refractivity contribution is 14.0. The van der Waals surface area contributed by atoms with Crippen LogP contribution < -0.4 is 10.6 Å². The molecule has 0 aromatic carbocycles. The van der Waals surface area contributed by atoms with Crippen LogP contribution in [0.5, 0.6) is 0 Å². The Morgan fingerprint density at radius 2 is 2.14 bits per heavy atom. The van der Waals surface area contributed by atoms with Gasteiger partial charge in [-0.05, 0) is 32.4 Å². The first kappa shape index (κ1) is 20.6.